The van der Waals surface area contributed by atoms with Crippen LogP contribution in [-0.2, 0) is 65.9 Å². The molecule has 3 aromatic carbocycles. The largest absolute Gasteiger partial charge is 0.479 e. The zero-order chi connectivity index (χ0) is 69.1. The molecule has 2 aliphatic carbocycles. The van der Waals surface area contributed by atoms with Gasteiger partial charge in [0, 0.05) is 79.4 Å². The van der Waals surface area contributed by atoms with E-state index in [1.165, 1.54) is 22.3 Å². The van der Waals surface area contributed by atoms with Gasteiger partial charge in [-0.15, -0.1) is 0 Å². The normalized spacial score (nSPS) is 24.8. The molecule has 9 N–H and O–H groups in total. The van der Waals surface area contributed by atoms with Crippen LogP contribution < -0.4 is 20.3 Å². The molecule has 516 valence electrons. The summed E-state index contributed by atoms with van der Waals surface area (Å²) in [6, 6.07) is 21.7. The van der Waals surface area contributed by atoms with Crippen LogP contribution in [0.25, 0.3) is 21.3 Å². The Morgan fingerprint density at radius 2 is 1.68 bits per heavy atom. The minimum Gasteiger partial charge on any atom is -0.479 e. The molecule has 3 aromatic heterocycles. The van der Waals surface area contributed by atoms with Crippen molar-refractivity contribution in [2.75, 3.05) is 56.2 Å². The number of amides is 5. The first-order valence-electron chi connectivity index (χ1n) is 32.5. The Morgan fingerprint density at radius 1 is 0.897 bits per heavy atom. The maximum absolute atomic E-state index is 14.3. The highest BCUT2D eigenvalue weighted by molar-refractivity contribution is 7.22. The summed E-state index contributed by atoms with van der Waals surface area (Å²) >= 11 is 1.40. The van der Waals surface area contributed by atoms with Gasteiger partial charge in [-0.2, -0.15) is 5.10 Å². The number of pyridine rings is 1. The minimum absolute atomic E-state index is 0.00914. The van der Waals surface area contributed by atoms with Crippen molar-refractivity contribution in [2.24, 2.45) is 16.7 Å². The molecule has 5 aliphatic rings. The van der Waals surface area contributed by atoms with Gasteiger partial charge in [-0.25, -0.2) is 24.4 Å². The Hall–Kier alpha value is -8.74. The van der Waals surface area contributed by atoms with Crippen molar-refractivity contribution in [2.45, 2.75) is 148 Å². The van der Waals surface area contributed by atoms with Gasteiger partial charge in [-0.3, -0.25) is 34.1 Å². The maximum atomic E-state index is 14.3. The maximum Gasteiger partial charge on any atom is 0.410 e. The molecule has 11 rings (SSSR count). The first kappa shape index (κ1) is 69.6. The van der Waals surface area contributed by atoms with Crippen molar-refractivity contribution in [3.63, 3.8) is 0 Å². The van der Waals surface area contributed by atoms with Gasteiger partial charge in [0.1, 0.15) is 43.0 Å². The molecule has 28 heteroatoms. The number of nitrogens with one attached hydrogen (secondary N) is 2. The van der Waals surface area contributed by atoms with Crippen molar-refractivity contribution < 1.29 is 88.3 Å². The van der Waals surface area contributed by atoms with E-state index in [1.807, 2.05) is 59.0 Å². The molecule has 6 aromatic rings. The smallest absolute Gasteiger partial charge is 0.410 e. The van der Waals surface area contributed by atoms with Gasteiger partial charge in [0.2, 0.25) is 12.2 Å². The number of thiazole rings is 1. The third-order valence-electron chi connectivity index (χ3n) is 19.0. The van der Waals surface area contributed by atoms with Crippen LogP contribution in [0.15, 0.2) is 91.1 Å². The Labute approximate surface area is 562 Å². The second-order valence-corrected chi connectivity index (χ2v) is 28.0. The highest BCUT2D eigenvalue weighted by Crippen LogP contribution is 2.60. The van der Waals surface area contributed by atoms with Crippen molar-refractivity contribution in [1.82, 2.24) is 34.9 Å². The number of carboxylic acids is 2. The number of aryl methyl sites for hydroxylation is 1. The summed E-state index contributed by atoms with van der Waals surface area (Å²) < 4.78 is 27.3. The van der Waals surface area contributed by atoms with Crippen LogP contribution in [0, 0.1) is 23.7 Å². The molecule has 3 aliphatic heterocycles. The molecular formula is C69H81N9O18S. The number of aromatic carboxylic acids is 1. The number of anilines is 2. The number of para-hydroxylation sites is 1. The molecule has 4 unspecified atom stereocenters. The summed E-state index contributed by atoms with van der Waals surface area (Å²) in [5.74, 6) is -4.19. The molecule has 3 fully saturated rings. The lowest BCUT2D eigenvalue weighted by Gasteiger charge is -2.58. The van der Waals surface area contributed by atoms with E-state index < -0.39 is 97.9 Å². The van der Waals surface area contributed by atoms with E-state index in [1.54, 1.807) is 30.5 Å². The molecule has 5 amide bonds. The lowest BCUT2D eigenvalue weighted by molar-refractivity contribution is -0.271. The van der Waals surface area contributed by atoms with Crippen molar-refractivity contribution in [1.29, 1.82) is 0 Å². The number of imide groups is 1. The highest BCUT2D eigenvalue weighted by atomic mass is 32.1. The van der Waals surface area contributed by atoms with Crippen LogP contribution in [0.4, 0.5) is 15.7 Å². The van der Waals surface area contributed by atoms with Crippen LogP contribution >= 0.6 is 11.3 Å². The highest BCUT2D eigenvalue weighted by Gasteiger charge is 2.56. The zero-order valence-electron chi connectivity index (χ0n) is 54.3. The van der Waals surface area contributed by atoms with Gasteiger partial charge in [0.25, 0.3) is 17.7 Å². The van der Waals surface area contributed by atoms with E-state index in [0.29, 0.717) is 84.4 Å². The molecule has 2 bridgehead atoms. The second kappa shape index (κ2) is 29.1. The lowest BCUT2D eigenvalue weighted by Crippen LogP contribution is -2.61. The Kier molecular flexibility index (Phi) is 20.9. The summed E-state index contributed by atoms with van der Waals surface area (Å²) in [6.07, 6.45) is -2.77. The number of aliphatic hydroxyl groups is 5. The standard InChI is InChI=1S/C69H81N9O18S/c1-39-28-67(3)35-68(4,38-78-40(2)47(30-71-78)45-16-17-52(73-56(45)62(88)89)76-23-20-42-10-7-11-46(48(42)31-76)61(87)74-65-72-49-12-5-6-13-51(49)97-65)37-69(29-39,36-67)94-26-25-75(24-21-44(80)33-79)66(92)93-34-43-15-14-41(9-8-22-70-53(81)32-77-54(82)18-19-55(77)83)27-50(43)95-64-59(86)57(84)58(85)60(96-64)63(90)91/h5-7,10-19,27,30,39,44,57-60,64,79-80,84-86H,8-9,20-26,28-29,31-38H2,1-4H3,(H,70,81)(H,88,89)(H,90,91)(H,72,74,87)/t39?,44-,57-,58-,59+,60-,64+,67?,68?,69?/m0/s1. The van der Waals surface area contributed by atoms with Crippen molar-refractivity contribution in [3.05, 3.63) is 130 Å². The number of hydrogen-bond acceptors (Lipinski definition) is 21. The van der Waals surface area contributed by atoms with E-state index in [2.05, 4.69) is 36.4 Å². The number of carbonyl (C=O) groups excluding carboxylic acids is 5. The fourth-order valence-corrected chi connectivity index (χ4v) is 15.9. The average Bonchev–Trinajstić information content (AvgIpc) is 1.07. The number of benzene rings is 3. The predicted octanol–water partition coefficient (Wildman–Crippen LogP) is 5.39. The fourth-order valence-electron chi connectivity index (χ4n) is 15.1. The molecule has 10 atom stereocenters. The van der Waals surface area contributed by atoms with E-state index in [4.69, 9.17) is 29.0 Å². The third kappa shape index (κ3) is 15.8. The van der Waals surface area contributed by atoms with E-state index in [-0.39, 0.29) is 66.4 Å². The van der Waals surface area contributed by atoms with Crippen molar-refractivity contribution >= 4 is 74.2 Å². The minimum atomic E-state index is -2.00. The van der Waals surface area contributed by atoms with E-state index in [9.17, 15) is 69.3 Å². The summed E-state index contributed by atoms with van der Waals surface area (Å²) in [4.78, 5) is 103. The third-order valence-corrected chi connectivity index (χ3v) is 19.9. The quantitative estimate of drug-likeness (QED) is 0.0243. The van der Waals surface area contributed by atoms with E-state index >= 15 is 0 Å². The molecule has 0 spiro atoms. The topological polar surface area (TPSA) is 375 Å². The van der Waals surface area contributed by atoms with Crippen LogP contribution in [-0.4, -0.2) is 195 Å². The number of aliphatic carboxylic acids is 1. The number of aliphatic hydroxyl groups excluding tert-OH is 5. The number of hydrogen-bond donors (Lipinski definition) is 9. The molecular weight excluding hydrogens is 1270 g/mol. The zero-order valence-corrected chi connectivity index (χ0v) is 55.1. The van der Waals surface area contributed by atoms with E-state index in [0.717, 1.165) is 69.8 Å². The van der Waals surface area contributed by atoms with Crippen molar-refractivity contribution in [3.8, 4) is 16.9 Å². The van der Waals surface area contributed by atoms with Gasteiger partial charge >= 0.3 is 18.0 Å². The van der Waals surface area contributed by atoms with Gasteiger partial charge < -0.3 is 69.8 Å². The Bertz CT molecular complexity index is 3960. The molecule has 97 heavy (non-hydrogen) atoms. The number of nitrogens with zero attached hydrogens (tertiary/aromatic N) is 7. The SMILES string of the molecule is Cc1c(-c2ccc(N3CCc4cccc(C(=O)Nc5nc6ccccc6s5)c4C3)nc2C(=O)O)cnn1CC1(C)CC2(C)CC(C)CC(OCCN(CC[C@H](O)CO)C(=O)OCc3ccc(CCCNC(=O)CN4C(=O)C=CC4=O)cc3O[C@@H]3O[C@H](C(=O)O)[C@@H](O)[C@H](O)[C@H]3O)(C2)C1. The Balaban J connectivity index is 0.756. The summed E-state index contributed by atoms with van der Waals surface area (Å²) in [7, 11) is 0. The van der Waals surface area contributed by atoms with Gasteiger partial charge in [0.15, 0.2) is 16.9 Å². The first-order chi connectivity index (χ1) is 46.3. The number of aromatic nitrogens is 4. The molecule has 2 saturated carbocycles. The number of rotatable bonds is 26. The lowest BCUT2D eigenvalue weighted by atomic mass is 9.51. The predicted molar refractivity (Wildman–Crippen MR) is 351 cm³/mol. The molecule has 6 heterocycles. The first-order valence-corrected chi connectivity index (χ1v) is 33.3. The Morgan fingerprint density at radius 3 is 2.43 bits per heavy atom. The molecule has 27 nitrogen and oxygen atoms in total. The number of carbonyl (C=O) groups is 7. The fraction of sp³-hybridized carbons (Fsp3) is 0.478. The number of fused-ring (bicyclic) bond motifs is 4. The monoisotopic (exact) mass is 1360 g/mol. The van der Waals surface area contributed by atoms with Gasteiger partial charge in [-0.1, -0.05) is 68.5 Å². The van der Waals surface area contributed by atoms with Crippen LogP contribution in [0.3, 0.4) is 0 Å². The van der Waals surface area contributed by atoms with Crippen LogP contribution in [0.5, 0.6) is 5.75 Å². The van der Waals surface area contributed by atoms with Crippen LogP contribution in [0.1, 0.15) is 115 Å². The number of ether oxygens (including phenoxy) is 4. The summed E-state index contributed by atoms with van der Waals surface area (Å²) in [6.45, 7) is 8.65. The van der Waals surface area contributed by atoms with Gasteiger partial charge in [0.05, 0.1) is 41.3 Å². The van der Waals surface area contributed by atoms with Crippen LogP contribution in [0.2, 0.25) is 0 Å². The average molecular weight is 1360 g/mol. The number of carboxylic acid groups (broad SMARTS) is 2. The second-order valence-electron chi connectivity index (χ2n) is 26.9. The molecule has 1 saturated heterocycles. The summed E-state index contributed by atoms with van der Waals surface area (Å²) in [5, 5.41) is 83.7. The molecule has 0 radical (unpaired) electrons. The van der Waals surface area contributed by atoms with Gasteiger partial charge in [-0.05, 0) is 135 Å². The summed E-state index contributed by atoms with van der Waals surface area (Å²) in [5.41, 5.74) is 4.42.